The van der Waals surface area contributed by atoms with Crippen LogP contribution in [-0.4, -0.2) is 85.1 Å². The first kappa shape index (κ1) is 39.1. The first-order chi connectivity index (χ1) is 24.3. The van der Waals surface area contributed by atoms with Crippen molar-refractivity contribution in [3.05, 3.63) is 91.4 Å². The Labute approximate surface area is 296 Å². The Morgan fingerprint density at radius 1 is 1.26 bits per heavy atom. The molecule has 0 radical (unpaired) electrons. The lowest BCUT2D eigenvalue weighted by Crippen LogP contribution is -2.58. The van der Waals surface area contributed by atoms with E-state index < -0.39 is 5.82 Å². The van der Waals surface area contributed by atoms with E-state index >= 15 is 4.39 Å². The molecule has 1 fully saturated rings. The molecule has 50 heavy (non-hydrogen) atoms. The van der Waals surface area contributed by atoms with Crippen LogP contribution in [0.4, 0.5) is 21.6 Å². The summed E-state index contributed by atoms with van der Waals surface area (Å²) in [5.41, 5.74) is 1.85. The predicted octanol–water partition coefficient (Wildman–Crippen LogP) is 6.67. The predicted molar refractivity (Wildman–Crippen MR) is 202 cm³/mol. The van der Waals surface area contributed by atoms with Crippen LogP contribution in [0.3, 0.4) is 0 Å². The zero-order valence-corrected chi connectivity index (χ0v) is 30.1. The molecule has 2 N–H and O–H groups in total. The number of halogens is 1. The van der Waals surface area contributed by atoms with E-state index in [0.717, 1.165) is 12.1 Å². The number of rotatable bonds is 7. The zero-order valence-electron chi connectivity index (χ0n) is 30.1. The monoisotopic (exact) mass is 683 g/mol. The van der Waals surface area contributed by atoms with E-state index in [-0.39, 0.29) is 17.6 Å². The second-order valence-corrected chi connectivity index (χ2v) is 11.3. The van der Waals surface area contributed by atoms with E-state index in [1.54, 1.807) is 36.6 Å². The van der Waals surface area contributed by atoms with Crippen LogP contribution < -0.4 is 25.0 Å². The molecule has 2 aromatic carbocycles. The Morgan fingerprint density at radius 2 is 2.02 bits per heavy atom. The maximum atomic E-state index is 15.2. The van der Waals surface area contributed by atoms with Crippen LogP contribution in [0.1, 0.15) is 34.1 Å². The summed E-state index contributed by atoms with van der Waals surface area (Å²) in [6.45, 7) is 14.8. The van der Waals surface area contributed by atoms with Crippen LogP contribution in [0.25, 0.3) is 10.9 Å². The molecule has 11 heteroatoms. The summed E-state index contributed by atoms with van der Waals surface area (Å²) in [7, 11) is 3.93. The lowest BCUT2D eigenvalue weighted by molar-refractivity contribution is -0.127. The fourth-order valence-electron chi connectivity index (χ4n) is 5.18. The number of benzene rings is 2. The first-order valence-electron chi connectivity index (χ1n) is 16.9. The minimum absolute atomic E-state index is 0.0121. The summed E-state index contributed by atoms with van der Waals surface area (Å²) >= 11 is 0. The van der Waals surface area contributed by atoms with Crippen molar-refractivity contribution in [2.45, 2.75) is 40.2 Å². The molecule has 1 amide bonds. The van der Waals surface area contributed by atoms with Crippen LogP contribution in [0, 0.1) is 18.2 Å². The third kappa shape index (κ3) is 10.6. The summed E-state index contributed by atoms with van der Waals surface area (Å²) in [5.74, 6) is 4.12. The molecule has 1 aromatic heterocycles. The van der Waals surface area contributed by atoms with Gasteiger partial charge in [0, 0.05) is 57.5 Å². The molecule has 1 unspecified atom stereocenters. The van der Waals surface area contributed by atoms with Crippen molar-refractivity contribution >= 4 is 34.0 Å². The molecule has 266 valence electrons. The Bertz CT molecular complexity index is 1710. The van der Waals surface area contributed by atoms with Gasteiger partial charge in [0.15, 0.2) is 5.75 Å². The Balaban J connectivity index is 0.000000681. The molecule has 3 aromatic rings. The summed E-state index contributed by atoms with van der Waals surface area (Å²) in [6, 6.07) is 8.61. The van der Waals surface area contributed by atoms with Crippen LogP contribution in [-0.2, 0) is 4.79 Å². The smallest absolute Gasteiger partial charge is 0.246 e. The van der Waals surface area contributed by atoms with E-state index in [9.17, 15) is 4.79 Å². The average molecular weight is 684 g/mol. The third-order valence-electron chi connectivity index (χ3n) is 7.41. The molecule has 4 heterocycles. The van der Waals surface area contributed by atoms with Crippen LogP contribution in [0.15, 0.2) is 85.6 Å². The minimum atomic E-state index is -0.473. The van der Waals surface area contributed by atoms with Crippen molar-refractivity contribution in [1.82, 2.24) is 25.1 Å². The van der Waals surface area contributed by atoms with Crippen LogP contribution >= 0.6 is 0 Å². The summed E-state index contributed by atoms with van der Waals surface area (Å²) < 4.78 is 27.2. The molecule has 1 saturated heterocycles. The molecule has 0 aliphatic carbocycles. The zero-order chi connectivity index (χ0) is 36.5. The molecule has 0 saturated carbocycles. The average Bonchev–Trinajstić information content (AvgIpc) is 3.13. The van der Waals surface area contributed by atoms with Gasteiger partial charge in [-0.15, -0.1) is 18.9 Å². The summed E-state index contributed by atoms with van der Waals surface area (Å²) in [5, 5.41) is 6.86. The largest absolute Gasteiger partial charge is 0.488 e. The number of aromatic nitrogens is 2. The molecule has 3 aliphatic heterocycles. The number of carbonyl (C=O) groups is 1. The number of amides is 1. The Morgan fingerprint density at radius 3 is 2.68 bits per heavy atom. The number of anilines is 3. The SMILES string of the molecule is C#CCC.C=CC.CC.CN(C)C/C=C/C(=O)N1CCN2c3ccc4ncnc(Nc5ccc(OC6=CCNC=C6)cc5F)c4c3OCC2C1. The van der Waals surface area contributed by atoms with Gasteiger partial charge >= 0.3 is 0 Å². The highest BCUT2D eigenvalue weighted by Gasteiger charge is 2.35. The molecule has 0 spiro atoms. The van der Waals surface area contributed by atoms with Gasteiger partial charge in [0.25, 0.3) is 0 Å². The van der Waals surface area contributed by atoms with Gasteiger partial charge < -0.3 is 34.8 Å². The fraction of sp³-hybridized carbons (Fsp3) is 0.359. The molecular formula is C39H50FN7O3. The van der Waals surface area contributed by atoms with Crippen LogP contribution in [0.5, 0.6) is 11.5 Å². The maximum absolute atomic E-state index is 15.2. The second kappa shape index (κ2) is 20.2. The number of hydrogen-bond donors (Lipinski definition) is 2. The van der Waals surface area contributed by atoms with Crippen molar-refractivity contribution in [2.24, 2.45) is 0 Å². The third-order valence-corrected chi connectivity index (χ3v) is 7.41. The van der Waals surface area contributed by atoms with E-state index in [2.05, 4.69) is 38.0 Å². The van der Waals surface area contributed by atoms with Gasteiger partial charge in [0.2, 0.25) is 5.91 Å². The number of allylic oxidation sites excluding steroid dienone is 2. The number of dihydropyridines is 1. The van der Waals surface area contributed by atoms with Crippen molar-refractivity contribution < 1.29 is 18.7 Å². The highest BCUT2D eigenvalue weighted by molar-refractivity contribution is 6.00. The number of hydrogen-bond acceptors (Lipinski definition) is 9. The topological polar surface area (TPSA) is 95.1 Å². The van der Waals surface area contributed by atoms with Crippen LogP contribution in [0.2, 0.25) is 0 Å². The lowest BCUT2D eigenvalue weighted by atomic mass is 10.1. The number of carbonyl (C=O) groups excluding carboxylic acids is 1. The van der Waals surface area contributed by atoms with Gasteiger partial charge in [-0.3, -0.25) is 4.79 Å². The Hall–Kier alpha value is -5.34. The van der Waals surface area contributed by atoms with Gasteiger partial charge in [-0.1, -0.05) is 32.9 Å². The standard InChI is InChI=1S/C30H32FN7O3.C4H6.C3H6.C2H6/c1-36(2)13-3-4-27(39)37-14-15-38-20(17-37)18-40-29-26(38)8-7-25-28(29)30(34-19-33-25)35-24-6-5-22(16-23(24)31)41-21-9-11-32-12-10-21;1-3-4-2;1-3-2;1-2/h3-11,16,19-20,32H,12-15,17-18H2,1-2H3,(H,33,34,35);1H,4H2,2H3;3H,1H2,2H3;1-2H3/b4-3+;;;. The van der Waals surface area contributed by atoms with E-state index in [0.29, 0.717) is 73.3 Å². The summed E-state index contributed by atoms with van der Waals surface area (Å²) in [6.07, 6.45) is 17.8. The number of nitrogens with one attached hydrogen (secondary N) is 2. The minimum Gasteiger partial charge on any atom is -0.488 e. The van der Waals surface area contributed by atoms with E-state index in [1.165, 1.54) is 12.4 Å². The number of terminal acetylenes is 1. The lowest BCUT2D eigenvalue weighted by Gasteiger charge is -2.45. The molecule has 1 atom stereocenters. The van der Waals surface area contributed by atoms with E-state index in [4.69, 9.17) is 15.9 Å². The normalized spacial score (nSPS) is 15.6. The molecule has 3 aliphatic rings. The van der Waals surface area contributed by atoms with Crippen molar-refractivity contribution in [1.29, 1.82) is 0 Å². The number of nitrogens with zero attached hydrogens (tertiary/aromatic N) is 5. The first-order valence-corrected chi connectivity index (χ1v) is 16.9. The highest BCUT2D eigenvalue weighted by atomic mass is 19.1. The Kier molecular flexibility index (Phi) is 15.8. The highest BCUT2D eigenvalue weighted by Crippen LogP contribution is 2.43. The quantitative estimate of drug-likeness (QED) is 0.161. The molecular weight excluding hydrogens is 633 g/mol. The van der Waals surface area contributed by atoms with E-state index in [1.807, 2.05) is 75.9 Å². The van der Waals surface area contributed by atoms with Gasteiger partial charge in [-0.05, 0) is 57.4 Å². The van der Waals surface area contributed by atoms with Gasteiger partial charge in [0.05, 0.1) is 28.3 Å². The number of ether oxygens (including phenoxy) is 2. The second-order valence-electron chi connectivity index (χ2n) is 11.3. The van der Waals surface area contributed by atoms with Crippen molar-refractivity contribution in [2.75, 3.05) is 63.6 Å². The van der Waals surface area contributed by atoms with Gasteiger partial charge in [-0.25, -0.2) is 14.4 Å². The molecule has 0 bridgehead atoms. The number of likely N-dealkylation sites (N-methyl/N-ethyl adjacent to an activating group) is 1. The van der Waals surface area contributed by atoms with Gasteiger partial charge in [0.1, 0.15) is 36.1 Å². The van der Waals surface area contributed by atoms with Crippen molar-refractivity contribution in [3.8, 4) is 23.8 Å². The molecule has 10 nitrogen and oxygen atoms in total. The van der Waals surface area contributed by atoms with Gasteiger partial charge in [-0.2, -0.15) is 0 Å². The number of piperazine rings is 1. The maximum Gasteiger partial charge on any atom is 0.246 e. The number of fused-ring (bicyclic) bond motifs is 5. The molecule has 6 rings (SSSR count). The summed E-state index contributed by atoms with van der Waals surface area (Å²) in [4.78, 5) is 27.8. The van der Waals surface area contributed by atoms with Crippen molar-refractivity contribution in [3.63, 3.8) is 0 Å². The fourth-order valence-corrected chi connectivity index (χ4v) is 5.18.